The minimum absolute atomic E-state index is 0.0823. The molecule has 4 nitrogen and oxygen atoms in total. The first kappa shape index (κ1) is 16.6. The molecule has 5 heteroatoms. The number of rotatable bonds is 6. The molecule has 0 fully saturated rings. The highest BCUT2D eigenvalue weighted by Crippen LogP contribution is 2.30. The van der Waals surface area contributed by atoms with Crippen LogP contribution in [0, 0.1) is 12.8 Å². The zero-order valence-electron chi connectivity index (χ0n) is 13.3. The molecule has 1 atom stereocenters. The Hall–Kier alpha value is -1.72. The summed E-state index contributed by atoms with van der Waals surface area (Å²) in [4.78, 5) is 17.5. The van der Waals surface area contributed by atoms with Gasteiger partial charge in [-0.05, 0) is 18.9 Å². The second-order valence-electron chi connectivity index (χ2n) is 5.50. The van der Waals surface area contributed by atoms with Gasteiger partial charge in [-0.1, -0.05) is 44.5 Å². The third-order valence-electron chi connectivity index (χ3n) is 3.59. The van der Waals surface area contributed by atoms with Crippen LogP contribution < -0.4 is 11.1 Å². The van der Waals surface area contributed by atoms with E-state index >= 15 is 0 Å². The lowest BCUT2D eigenvalue weighted by Crippen LogP contribution is -2.26. The lowest BCUT2D eigenvalue weighted by molar-refractivity contribution is -0.119. The molecule has 1 unspecified atom stereocenters. The number of aryl methyl sites for hydroxylation is 2. The van der Waals surface area contributed by atoms with Crippen LogP contribution in [-0.2, 0) is 11.2 Å². The van der Waals surface area contributed by atoms with Gasteiger partial charge in [0.05, 0.1) is 5.69 Å². The van der Waals surface area contributed by atoms with E-state index in [4.69, 9.17) is 5.73 Å². The second kappa shape index (κ2) is 7.51. The van der Waals surface area contributed by atoms with Crippen LogP contribution in [0.25, 0.3) is 11.3 Å². The number of aromatic nitrogens is 1. The Labute approximate surface area is 135 Å². The van der Waals surface area contributed by atoms with Gasteiger partial charge in [-0.15, -0.1) is 11.3 Å². The van der Waals surface area contributed by atoms with Crippen LogP contribution >= 0.6 is 11.3 Å². The molecule has 0 saturated carbocycles. The standard InChI is InChI=1S/C17H23N3OS/c1-4-5-13-6-8-14(9-7-13)15-12(3)22-17(19-15)20-16(21)11(2)10-18/h6-9,11H,4-5,10,18H2,1-3H3,(H,19,20,21). The van der Waals surface area contributed by atoms with Crippen LogP contribution in [0.1, 0.15) is 30.7 Å². The Kier molecular flexibility index (Phi) is 5.69. The van der Waals surface area contributed by atoms with Crippen molar-refractivity contribution < 1.29 is 4.79 Å². The molecule has 3 N–H and O–H groups in total. The Morgan fingerprint density at radius 2 is 2.05 bits per heavy atom. The number of hydrogen-bond acceptors (Lipinski definition) is 4. The Bertz CT molecular complexity index is 634. The first-order chi connectivity index (χ1) is 10.5. The van der Waals surface area contributed by atoms with Crippen molar-refractivity contribution in [3.05, 3.63) is 34.7 Å². The van der Waals surface area contributed by atoms with E-state index in [1.54, 1.807) is 0 Å². The monoisotopic (exact) mass is 317 g/mol. The first-order valence-corrected chi connectivity index (χ1v) is 8.44. The van der Waals surface area contributed by atoms with Crippen LogP contribution in [-0.4, -0.2) is 17.4 Å². The van der Waals surface area contributed by atoms with Crippen molar-refractivity contribution in [2.24, 2.45) is 11.7 Å². The summed E-state index contributed by atoms with van der Waals surface area (Å²) in [5.41, 5.74) is 8.87. The van der Waals surface area contributed by atoms with E-state index in [9.17, 15) is 4.79 Å². The van der Waals surface area contributed by atoms with Gasteiger partial charge < -0.3 is 11.1 Å². The highest BCUT2D eigenvalue weighted by atomic mass is 32.1. The van der Waals surface area contributed by atoms with Crippen molar-refractivity contribution in [3.8, 4) is 11.3 Å². The maximum atomic E-state index is 11.9. The predicted molar refractivity (Wildman–Crippen MR) is 93.1 cm³/mol. The fraction of sp³-hybridized carbons (Fsp3) is 0.412. The van der Waals surface area contributed by atoms with Crippen molar-refractivity contribution in [1.82, 2.24) is 4.98 Å². The van der Waals surface area contributed by atoms with Gasteiger partial charge in [-0.3, -0.25) is 4.79 Å². The highest BCUT2D eigenvalue weighted by Gasteiger charge is 2.15. The zero-order valence-corrected chi connectivity index (χ0v) is 14.2. The van der Waals surface area contributed by atoms with Crippen molar-refractivity contribution in [2.45, 2.75) is 33.6 Å². The minimum atomic E-state index is -0.207. The molecule has 0 saturated heterocycles. The molecule has 1 heterocycles. The van der Waals surface area contributed by atoms with Gasteiger partial charge in [0, 0.05) is 22.9 Å². The summed E-state index contributed by atoms with van der Waals surface area (Å²) in [5, 5.41) is 3.48. The molecular weight excluding hydrogens is 294 g/mol. The second-order valence-corrected chi connectivity index (χ2v) is 6.70. The van der Waals surface area contributed by atoms with Gasteiger partial charge in [0.15, 0.2) is 5.13 Å². The molecule has 22 heavy (non-hydrogen) atoms. The van der Waals surface area contributed by atoms with Crippen LogP contribution in [0.15, 0.2) is 24.3 Å². The minimum Gasteiger partial charge on any atom is -0.330 e. The van der Waals surface area contributed by atoms with Gasteiger partial charge in [-0.25, -0.2) is 4.98 Å². The summed E-state index contributed by atoms with van der Waals surface area (Å²) in [5.74, 6) is -0.290. The number of benzene rings is 1. The third-order valence-corrected chi connectivity index (χ3v) is 4.48. The molecule has 0 radical (unpaired) electrons. The lowest BCUT2D eigenvalue weighted by Gasteiger charge is -2.06. The van der Waals surface area contributed by atoms with E-state index in [0.717, 1.165) is 29.0 Å². The van der Waals surface area contributed by atoms with Crippen LogP contribution in [0.3, 0.4) is 0 Å². The normalized spacial score (nSPS) is 12.2. The van der Waals surface area contributed by atoms with Gasteiger partial charge >= 0.3 is 0 Å². The average Bonchev–Trinajstić information content (AvgIpc) is 2.88. The molecule has 118 valence electrons. The van der Waals surface area contributed by atoms with E-state index in [1.165, 1.54) is 16.9 Å². The number of carbonyl (C=O) groups excluding carboxylic acids is 1. The van der Waals surface area contributed by atoms with Crippen molar-refractivity contribution in [3.63, 3.8) is 0 Å². The quantitative estimate of drug-likeness (QED) is 0.855. The van der Waals surface area contributed by atoms with E-state index in [-0.39, 0.29) is 11.8 Å². The molecule has 1 amide bonds. The first-order valence-electron chi connectivity index (χ1n) is 7.62. The molecule has 0 aliphatic carbocycles. The van der Waals surface area contributed by atoms with E-state index in [1.807, 2.05) is 13.8 Å². The summed E-state index contributed by atoms with van der Waals surface area (Å²) in [7, 11) is 0. The number of hydrogen-bond donors (Lipinski definition) is 2. The average molecular weight is 317 g/mol. The molecule has 0 spiro atoms. The number of nitrogens with zero attached hydrogens (tertiary/aromatic N) is 1. The zero-order chi connectivity index (χ0) is 16.1. The predicted octanol–water partition coefficient (Wildman–Crippen LogP) is 3.60. The van der Waals surface area contributed by atoms with Gasteiger partial charge in [0.25, 0.3) is 0 Å². The number of amides is 1. The van der Waals surface area contributed by atoms with Crippen LogP contribution in [0.4, 0.5) is 5.13 Å². The molecule has 2 aromatic rings. The van der Waals surface area contributed by atoms with Crippen molar-refractivity contribution in [1.29, 1.82) is 0 Å². The number of nitrogens with one attached hydrogen (secondary N) is 1. The van der Waals surface area contributed by atoms with E-state index in [2.05, 4.69) is 41.5 Å². The Morgan fingerprint density at radius 1 is 1.36 bits per heavy atom. The van der Waals surface area contributed by atoms with Crippen LogP contribution in [0.5, 0.6) is 0 Å². The molecule has 0 aliphatic rings. The van der Waals surface area contributed by atoms with Crippen LogP contribution in [0.2, 0.25) is 0 Å². The van der Waals surface area contributed by atoms with Gasteiger partial charge in [-0.2, -0.15) is 0 Å². The Morgan fingerprint density at radius 3 is 2.64 bits per heavy atom. The van der Waals surface area contributed by atoms with Gasteiger partial charge in [0.2, 0.25) is 5.91 Å². The molecule has 1 aromatic carbocycles. The number of nitrogens with two attached hydrogens (primary N) is 1. The summed E-state index contributed by atoms with van der Waals surface area (Å²) in [6, 6.07) is 8.49. The number of anilines is 1. The fourth-order valence-corrected chi connectivity index (χ4v) is 3.01. The molecule has 0 bridgehead atoms. The molecular formula is C17H23N3OS. The summed E-state index contributed by atoms with van der Waals surface area (Å²) < 4.78 is 0. The maximum absolute atomic E-state index is 11.9. The third kappa shape index (κ3) is 3.93. The molecule has 1 aromatic heterocycles. The molecule has 2 rings (SSSR count). The number of thiazole rings is 1. The lowest BCUT2D eigenvalue weighted by atomic mass is 10.1. The summed E-state index contributed by atoms with van der Waals surface area (Å²) >= 11 is 1.50. The topological polar surface area (TPSA) is 68.0 Å². The SMILES string of the molecule is CCCc1ccc(-c2nc(NC(=O)C(C)CN)sc2C)cc1. The Balaban J connectivity index is 2.17. The van der Waals surface area contributed by atoms with Crippen molar-refractivity contribution >= 4 is 22.4 Å². The largest absolute Gasteiger partial charge is 0.330 e. The van der Waals surface area contributed by atoms with Gasteiger partial charge in [0.1, 0.15) is 0 Å². The maximum Gasteiger partial charge on any atom is 0.230 e. The van der Waals surface area contributed by atoms with E-state index < -0.39 is 0 Å². The number of carbonyl (C=O) groups is 1. The molecule has 0 aliphatic heterocycles. The smallest absolute Gasteiger partial charge is 0.230 e. The van der Waals surface area contributed by atoms with Crippen molar-refractivity contribution in [2.75, 3.05) is 11.9 Å². The fourth-order valence-electron chi connectivity index (χ4n) is 2.17. The summed E-state index contributed by atoms with van der Waals surface area (Å²) in [6.45, 7) is 6.34. The highest BCUT2D eigenvalue weighted by molar-refractivity contribution is 7.16. The summed E-state index contributed by atoms with van der Waals surface area (Å²) in [6.07, 6.45) is 2.24. The van der Waals surface area contributed by atoms with E-state index in [0.29, 0.717) is 11.7 Å².